The fourth-order valence-corrected chi connectivity index (χ4v) is 3.98. The molecule has 102 valence electrons. The average molecular weight is 278 g/mol. The van der Waals surface area contributed by atoms with Crippen molar-refractivity contribution in [2.45, 2.75) is 38.1 Å². The lowest BCUT2D eigenvalue weighted by molar-refractivity contribution is -0.124. The van der Waals surface area contributed by atoms with E-state index >= 15 is 0 Å². The van der Waals surface area contributed by atoms with Gasteiger partial charge in [0.2, 0.25) is 11.0 Å². The molecule has 3 fully saturated rings. The molecule has 0 bridgehead atoms. The van der Waals surface area contributed by atoms with E-state index in [2.05, 4.69) is 20.4 Å². The first-order valence-corrected chi connectivity index (χ1v) is 7.96. The summed E-state index contributed by atoms with van der Waals surface area (Å²) in [6.45, 7) is 1.99. The molecule has 19 heavy (non-hydrogen) atoms. The zero-order valence-corrected chi connectivity index (χ0v) is 11.7. The Hall–Kier alpha value is -1.17. The van der Waals surface area contributed by atoms with Crippen molar-refractivity contribution < 1.29 is 4.79 Å². The zero-order chi connectivity index (χ0) is 12.9. The lowest BCUT2D eigenvalue weighted by Gasteiger charge is -2.26. The van der Waals surface area contributed by atoms with Crippen LogP contribution >= 0.6 is 11.3 Å². The third kappa shape index (κ3) is 1.93. The van der Waals surface area contributed by atoms with E-state index in [-0.39, 0.29) is 11.3 Å². The van der Waals surface area contributed by atoms with Gasteiger partial charge in [-0.25, -0.2) is 0 Å². The lowest BCUT2D eigenvalue weighted by atomic mass is 9.92. The van der Waals surface area contributed by atoms with E-state index in [0.717, 1.165) is 31.1 Å². The third-order valence-corrected chi connectivity index (χ3v) is 5.71. The quantitative estimate of drug-likeness (QED) is 0.908. The SMILES string of the molecule is O=C(NC1CCC1)[C@H]1C[C@]12CCN(c1nncs1)C2. The molecule has 1 amide bonds. The van der Waals surface area contributed by atoms with Crippen LogP contribution in [-0.2, 0) is 4.79 Å². The molecule has 1 aliphatic heterocycles. The van der Waals surface area contributed by atoms with E-state index in [1.165, 1.54) is 19.3 Å². The van der Waals surface area contributed by atoms with Crippen molar-refractivity contribution in [3.8, 4) is 0 Å². The summed E-state index contributed by atoms with van der Waals surface area (Å²) in [5, 5.41) is 12.2. The van der Waals surface area contributed by atoms with Gasteiger partial charge in [0.05, 0.1) is 0 Å². The smallest absolute Gasteiger partial charge is 0.223 e. The highest BCUT2D eigenvalue weighted by molar-refractivity contribution is 7.13. The molecule has 0 unspecified atom stereocenters. The van der Waals surface area contributed by atoms with Gasteiger partial charge in [-0.1, -0.05) is 11.3 Å². The van der Waals surface area contributed by atoms with E-state index in [1.807, 2.05) is 0 Å². The van der Waals surface area contributed by atoms with Crippen LogP contribution in [0.4, 0.5) is 5.13 Å². The van der Waals surface area contributed by atoms with E-state index < -0.39 is 0 Å². The number of aromatic nitrogens is 2. The van der Waals surface area contributed by atoms with Crippen molar-refractivity contribution in [3.05, 3.63) is 5.51 Å². The van der Waals surface area contributed by atoms with Gasteiger partial charge in [-0.3, -0.25) is 4.79 Å². The summed E-state index contributed by atoms with van der Waals surface area (Å²) in [7, 11) is 0. The second-order valence-corrected chi connectivity index (χ2v) is 6.96. The number of carbonyl (C=O) groups excluding carboxylic acids is 1. The first-order chi connectivity index (χ1) is 9.27. The molecular weight excluding hydrogens is 260 g/mol. The van der Waals surface area contributed by atoms with E-state index in [9.17, 15) is 4.79 Å². The number of nitrogens with zero attached hydrogens (tertiary/aromatic N) is 3. The van der Waals surface area contributed by atoms with Crippen LogP contribution in [0.25, 0.3) is 0 Å². The first kappa shape index (κ1) is 11.6. The summed E-state index contributed by atoms with van der Waals surface area (Å²) in [5.74, 6) is 0.537. The number of hydrogen-bond donors (Lipinski definition) is 1. The summed E-state index contributed by atoms with van der Waals surface area (Å²) in [5.41, 5.74) is 2.01. The summed E-state index contributed by atoms with van der Waals surface area (Å²) in [6.07, 6.45) is 5.78. The van der Waals surface area contributed by atoms with Crippen molar-refractivity contribution >= 4 is 22.4 Å². The molecule has 2 atom stereocenters. The monoisotopic (exact) mass is 278 g/mol. The minimum atomic E-state index is 0.236. The van der Waals surface area contributed by atoms with Crippen LogP contribution in [0.2, 0.25) is 0 Å². The zero-order valence-electron chi connectivity index (χ0n) is 10.8. The van der Waals surface area contributed by atoms with Gasteiger partial charge in [0, 0.05) is 30.5 Å². The van der Waals surface area contributed by atoms with E-state index in [4.69, 9.17) is 0 Å². The molecule has 2 heterocycles. The Kier molecular flexibility index (Phi) is 2.55. The molecule has 5 nitrogen and oxygen atoms in total. The fraction of sp³-hybridized carbons (Fsp3) is 0.769. The van der Waals surface area contributed by atoms with Crippen LogP contribution in [0.1, 0.15) is 32.1 Å². The third-order valence-electron chi connectivity index (χ3n) is 4.96. The molecule has 0 radical (unpaired) electrons. The summed E-state index contributed by atoms with van der Waals surface area (Å²) < 4.78 is 0. The molecular formula is C13H18N4OS. The van der Waals surface area contributed by atoms with Crippen molar-refractivity contribution in [2.75, 3.05) is 18.0 Å². The van der Waals surface area contributed by atoms with E-state index in [0.29, 0.717) is 11.9 Å². The molecule has 1 N–H and O–H groups in total. The van der Waals surface area contributed by atoms with Crippen LogP contribution in [-0.4, -0.2) is 35.2 Å². The summed E-state index contributed by atoms with van der Waals surface area (Å²) >= 11 is 1.58. The molecule has 3 aliphatic rings. The maximum Gasteiger partial charge on any atom is 0.223 e. The fourth-order valence-electron chi connectivity index (χ4n) is 3.39. The average Bonchev–Trinajstić information content (AvgIpc) is 2.76. The Bertz CT molecular complexity index is 487. The second-order valence-electron chi connectivity index (χ2n) is 6.15. The Morgan fingerprint density at radius 2 is 2.42 bits per heavy atom. The van der Waals surface area contributed by atoms with Crippen molar-refractivity contribution in [3.63, 3.8) is 0 Å². The van der Waals surface area contributed by atoms with Crippen LogP contribution in [0, 0.1) is 11.3 Å². The summed E-state index contributed by atoms with van der Waals surface area (Å²) in [4.78, 5) is 14.5. The number of amides is 1. The highest BCUT2D eigenvalue weighted by Crippen LogP contribution is 2.59. The maximum atomic E-state index is 12.2. The maximum absolute atomic E-state index is 12.2. The van der Waals surface area contributed by atoms with Crippen LogP contribution in [0.15, 0.2) is 5.51 Å². The number of hydrogen-bond acceptors (Lipinski definition) is 5. The molecule has 6 heteroatoms. The first-order valence-electron chi connectivity index (χ1n) is 7.08. The Morgan fingerprint density at radius 3 is 3.11 bits per heavy atom. The Balaban J connectivity index is 1.37. The van der Waals surface area contributed by atoms with Gasteiger partial charge in [0.15, 0.2) is 0 Å². The summed E-state index contributed by atoms with van der Waals surface area (Å²) in [6, 6.07) is 0.464. The largest absolute Gasteiger partial charge is 0.353 e. The van der Waals surface area contributed by atoms with Crippen molar-refractivity contribution in [1.29, 1.82) is 0 Å². The molecule has 0 aromatic carbocycles. The highest BCUT2D eigenvalue weighted by Gasteiger charge is 2.61. The lowest BCUT2D eigenvalue weighted by Crippen LogP contribution is -2.41. The van der Waals surface area contributed by atoms with Crippen molar-refractivity contribution in [1.82, 2.24) is 15.5 Å². The minimum Gasteiger partial charge on any atom is -0.353 e. The van der Waals surface area contributed by atoms with Crippen LogP contribution in [0.5, 0.6) is 0 Å². The predicted molar refractivity (Wildman–Crippen MR) is 73.1 cm³/mol. The topological polar surface area (TPSA) is 58.1 Å². The number of anilines is 1. The molecule has 2 aliphatic carbocycles. The van der Waals surface area contributed by atoms with Gasteiger partial charge < -0.3 is 10.2 Å². The Labute approximate surface area is 116 Å². The van der Waals surface area contributed by atoms with Gasteiger partial charge in [-0.2, -0.15) is 0 Å². The minimum absolute atomic E-state index is 0.236. The highest BCUT2D eigenvalue weighted by atomic mass is 32.1. The molecule has 1 saturated heterocycles. The second kappa shape index (κ2) is 4.16. The number of nitrogens with one attached hydrogen (secondary N) is 1. The predicted octanol–water partition coefficient (Wildman–Crippen LogP) is 1.42. The van der Waals surface area contributed by atoms with Gasteiger partial charge in [-0.05, 0) is 32.1 Å². The molecule has 1 aromatic rings. The van der Waals surface area contributed by atoms with Gasteiger partial charge in [0.25, 0.3) is 0 Å². The normalized spacial score (nSPS) is 33.5. The van der Waals surface area contributed by atoms with Crippen LogP contribution < -0.4 is 10.2 Å². The molecule has 1 spiro atoms. The number of carbonyl (C=O) groups is 1. The van der Waals surface area contributed by atoms with Gasteiger partial charge in [0.1, 0.15) is 5.51 Å². The van der Waals surface area contributed by atoms with Crippen molar-refractivity contribution in [2.24, 2.45) is 11.3 Å². The van der Waals surface area contributed by atoms with Gasteiger partial charge in [-0.15, -0.1) is 10.2 Å². The molecule has 4 rings (SSSR count). The van der Waals surface area contributed by atoms with Gasteiger partial charge >= 0.3 is 0 Å². The standard InChI is InChI=1S/C13H18N4OS/c18-11(15-9-2-1-3-9)10-6-13(10)4-5-17(7-13)12-16-14-8-19-12/h8-10H,1-7H2,(H,15,18)/t10-,13+/m1/s1. The van der Waals surface area contributed by atoms with E-state index in [1.54, 1.807) is 16.8 Å². The number of rotatable bonds is 3. The Morgan fingerprint density at radius 1 is 1.53 bits per heavy atom. The molecule has 1 aromatic heterocycles. The molecule has 2 saturated carbocycles. The van der Waals surface area contributed by atoms with Crippen LogP contribution in [0.3, 0.4) is 0 Å².